The maximum atomic E-state index is 13.1. The van der Waals surface area contributed by atoms with Crippen LogP contribution in [0.2, 0.25) is 0 Å². The number of benzene rings is 3. The Morgan fingerprint density at radius 1 is 0.971 bits per heavy atom. The summed E-state index contributed by atoms with van der Waals surface area (Å²) in [6.45, 7) is 4.64. The molecule has 1 fully saturated rings. The van der Waals surface area contributed by atoms with Crippen LogP contribution in [-0.2, 0) is 16.2 Å². The number of likely N-dealkylation sites (tertiary alicyclic amines) is 1. The minimum atomic E-state index is -0.728. The molecule has 0 spiro atoms. The predicted octanol–water partition coefficient (Wildman–Crippen LogP) is 5.41. The van der Waals surface area contributed by atoms with Crippen LogP contribution in [0.1, 0.15) is 41.6 Å². The summed E-state index contributed by atoms with van der Waals surface area (Å²) in [6, 6.07) is 21.6. The van der Waals surface area contributed by atoms with Gasteiger partial charge in [-0.2, -0.15) is 0 Å². The molecule has 1 saturated heterocycles. The van der Waals surface area contributed by atoms with Crippen molar-refractivity contribution in [3.05, 3.63) is 101 Å². The number of aliphatic hydroxyl groups is 1. The van der Waals surface area contributed by atoms with Crippen LogP contribution in [0, 0.1) is 6.92 Å². The van der Waals surface area contributed by atoms with E-state index in [0.717, 1.165) is 11.1 Å². The standard InChI is InChI=1S/C29H29NO5/c1-4-16-30-26(25(28(32)29(30)33)27(31)21-12-10-19(2)11-13-21)22-14-15-23(24(17-22)34-3)35-18-20-8-6-5-7-9-20/h5-15,17,26,31H,4,16,18H2,1-3H3/b27-25-. The maximum absolute atomic E-state index is 13.1. The summed E-state index contributed by atoms with van der Waals surface area (Å²) >= 11 is 0. The van der Waals surface area contributed by atoms with Crippen LogP contribution in [0.4, 0.5) is 0 Å². The van der Waals surface area contributed by atoms with E-state index in [4.69, 9.17) is 9.47 Å². The van der Waals surface area contributed by atoms with Gasteiger partial charge in [-0.3, -0.25) is 9.59 Å². The van der Waals surface area contributed by atoms with E-state index < -0.39 is 17.7 Å². The first-order valence-electron chi connectivity index (χ1n) is 11.6. The lowest BCUT2D eigenvalue weighted by Crippen LogP contribution is -2.30. The molecule has 1 N–H and O–H groups in total. The highest BCUT2D eigenvalue weighted by atomic mass is 16.5. The number of ether oxygens (including phenoxy) is 2. The number of Topliss-reactive ketones (excluding diaryl/α,β-unsaturated/α-hetero) is 1. The molecule has 1 amide bonds. The molecule has 1 unspecified atom stereocenters. The molecule has 6 heteroatoms. The molecule has 0 saturated carbocycles. The third-order valence-corrected chi connectivity index (χ3v) is 6.07. The van der Waals surface area contributed by atoms with Gasteiger partial charge in [0.1, 0.15) is 12.4 Å². The number of nitrogens with zero attached hydrogens (tertiary/aromatic N) is 1. The highest BCUT2D eigenvalue weighted by molar-refractivity contribution is 6.46. The average molecular weight is 472 g/mol. The minimum absolute atomic E-state index is 0.0762. The molecule has 1 aliphatic rings. The number of aryl methyl sites for hydroxylation is 1. The Bertz CT molecular complexity index is 1250. The highest BCUT2D eigenvalue weighted by Gasteiger charge is 2.45. The fourth-order valence-electron chi connectivity index (χ4n) is 4.27. The van der Waals surface area contributed by atoms with E-state index in [1.807, 2.05) is 62.4 Å². The van der Waals surface area contributed by atoms with Gasteiger partial charge in [-0.05, 0) is 36.6 Å². The number of methoxy groups -OCH3 is 1. The van der Waals surface area contributed by atoms with Gasteiger partial charge in [0.25, 0.3) is 11.7 Å². The summed E-state index contributed by atoms with van der Waals surface area (Å²) < 4.78 is 11.6. The Morgan fingerprint density at radius 2 is 1.69 bits per heavy atom. The Labute approximate surface area is 205 Å². The molecule has 6 nitrogen and oxygen atoms in total. The summed E-state index contributed by atoms with van der Waals surface area (Å²) in [5, 5.41) is 11.1. The molecule has 4 rings (SSSR count). The lowest BCUT2D eigenvalue weighted by atomic mass is 9.94. The van der Waals surface area contributed by atoms with Gasteiger partial charge in [0, 0.05) is 12.1 Å². The Morgan fingerprint density at radius 3 is 2.34 bits per heavy atom. The first kappa shape index (κ1) is 24.1. The normalized spacial score (nSPS) is 17.0. The van der Waals surface area contributed by atoms with E-state index in [1.165, 1.54) is 4.90 Å². The van der Waals surface area contributed by atoms with Crippen molar-refractivity contribution in [2.45, 2.75) is 32.9 Å². The van der Waals surface area contributed by atoms with Crippen molar-refractivity contribution >= 4 is 17.4 Å². The van der Waals surface area contributed by atoms with Gasteiger partial charge in [-0.15, -0.1) is 0 Å². The van der Waals surface area contributed by atoms with E-state index in [1.54, 1.807) is 31.4 Å². The van der Waals surface area contributed by atoms with Crippen LogP contribution < -0.4 is 9.47 Å². The molecule has 0 aliphatic carbocycles. The maximum Gasteiger partial charge on any atom is 0.295 e. The number of hydrogen-bond acceptors (Lipinski definition) is 5. The van der Waals surface area contributed by atoms with Gasteiger partial charge in [0.05, 0.1) is 18.7 Å². The van der Waals surface area contributed by atoms with Crippen molar-refractivity contribution in [1.29, 1.82) is 0 Å². The van der Waals surface area contributed by atoms with Crippen LogP contribution in [0.25, 0.3) is 5.76 Å². The summed E-state index contributed by atoms with van der Waals surface area (Å²) in [5.41, 5.74) is 3.28. The predicted molar refractivity (Wildman–Crippen MR) is 134 cm³/mol. The zero-order valence-corrected chi connectivity index (χ0v) is 20.2. The molecule has 35 heavy (non-hydrogen) atoms. The lowest BCUT2D eigenvalue weighted by Gasteiger charge is -2.25. The smallest absolute Gasteiger partial charge is 0.295 e. The molecule has 0 bridgehead atoms. The number of rotatable bonds is 8. The third-order valence-electron chi connectivity index (χ3n) is 6.07. The number of hydrogen-bond donors (Lipinski definition) is 1. The van der Waals surface area contributed by atoms with E-state index in [0.29, 0.717) is 42.2 Å². The Kier molecular flexibility index (Phi) is 7.20. The fourth-order valence-corrected chi connectivity index (χ4v) is 4.27. The van der Waals surface area contributed by atoms with Crippen molar-refractivity contribution in [2.24, 2.45) is 0 Å². The number of carbonyl (C=O) groups is 2. The molecule has 0 radical (unpaired) electrons. The molecule has 3 aromatic carbocycles. The van der Waals surface area contributed by atoms with Gasteiger partial charge < -0.3 is 19.5 Å². The van der Waals surface area contributed by atoms with Crippen molar-refractivity contribution < 1.29 is 24.2 Å². The topological polar surface area (TPSA) is 76.1 Å². The molecule has 1 aliphatic heterocycles. The van der Waals surface area contributed by atoms with Crippen LogP contribution in [-0.4, -0.2) is 35.4 Å². The molecular weight excluding hydrogens is 442 g/mol. The summed E-state index contributed by atoms with van der Waals surface area (Å²) in [4.78, 5) is 27.5. The molecule has 180 valence electrons. The van der Waals surface area contributed by atoms with Gasteiger partial charge in [0.15, 0.2) is 11.5 Å². The second kappa shape index (κ2) is 10.5. The first-order chi connectivity index (χ1) is 16.9. The average Bonchev–Trinajstić information content (AvgIpc) is 3.13. The zero-order chi connectivity index (χ0) is 24.9. The van der Waals surface area contributed by atoms with Gasteiger partial charge in [-0.25, -0.2) is 0 Å². The zero-order valence-electron chi connectivity index (χ0n) is 20.2. The summed E-state index contributed by atoms with van der Waals surface area (Å²) in [7, 11) is 1.55. The van der Waals surface area contributed by atoms with Crippen LogP contribution in [0.15, 0.2) is 78.4 Å². The molecule has 0 aromatic heterocycles. The minimum Gasteiger partial charge on any atom is -0.507 e. The number of ketones is 1. The van der Waals surface area contributed by atoms with Crippen molar-refractivity contribution in [1.82, 2.24) is 4.90 Å². The van der Waals surface area contributed by atoms with E-state index in [-0.39, 0.29) is 11.3 Å². The van der Waals surface area contributed by atoms with Gasteiger partial charge >= 0.3 is 0 Å². The van der Waals surface area contributed by atoms with Crippen molar-refractivity contribution in [3.8, 4) is 11.5 Å². The molecule has 1 atom stereocenters. The number of aliphatic hydroxyl groups excluding tert-OH is 1. The van der Waals surface area contributed by atoms with Crippen LogP contribution in [0.5, 0.6) is 11.5 Å². The monoisotopic (exact) mass is 471 g/mol. The third kappa shape index (κ3) is 4.92. The second-order valence-electron chi connectivity index (χ2n) is 8.54. The largest absolute Gasteiger partial charge is 0.507 e. The summed E-state index contributed by atoms with van der Waals surface area (Å²) in [6.07, 6.45) is 0.670. The second-order valence-corrected chi connectivity index (χ2v) is 8.54. The lowest BCUT2D eigenvalue weighted by molar-refractivity contribution is -0.139. The van der Waals surface area contributed by atoms with Crippen molar-refractivity contribution in [2.75, 3.05) is 13.7 Å². The van der Waals surface area contributed by atoms with Crippen LogP contribution in [0.3, 0.4) is 0 Å². The fraction of sp³-hybridized carbons (Fsp3) is 0.241. The highest BCUT2D eigenvalue weighted by Crippen LogP contribution is 2.42. The molecule has 3 aromatic rings. The Balaban J connectivity index is 1.74. The van der Waals surface area contributed by atoms with Crippen LogP contribution >= 0.6 is 0 Å². The number of amides is 1. The quantitative estimate of drug-likeness (QED) is 0.270. The van der Waals surface area contributed by atoms with Gasteiger partial charge in [-0.1, -0.05) is 73.2 Å². The van der Waals surface area contributed by atoms with Gasteiger partial charge in [0.2, 0.25) is 0 Å². The first-order valence-corrected chi connectivity index (χ1v) is 11.6. The SMILES string of the molecule is CCCN1C(=O)C(=O)/C(=C(\O)c2ccc(C)cc2)C1c1ccc(OCc2ccccc2)c(OC)c1. The Hall–Kier alpha value is -4.06. The number of carbonyl (C=O) groups excluding carboxylic acids is 2. The van der Waals surface area contributed by atoms with Crippen molar-refractivity contribution in [3.63, 3.8) is 0 Å². The van der Waals surface area contributed by atoms with E-state index in [9.17, 15) is 14.7 Å². The molecular formula is C29H29NO5. The molecule has 1 heterocycles. The summed E-state index contributed by atoms with van der Waals surface area (Å²) in [5.74, 6) is -0.462. The van der Waals surface area contributed by atoms with E-state index >= 15 is 0 Å². The van der Waals surface area contributed by atoms with E-state index in [2.05, 4.69) is 0 Å².